The van der Waals surface area contributed by atoms with Gasteiger partial charge in [-0.3, -0.25) is 4.79 Å². The standard InChI is InChI=1S/C10H8O3/c1-7-4-6-13-10(7)9(11)8-3-2-5-12-8/h2-6H,1H3. The van der Waals surface area contributed by atoms with E-state index in [2.05, 4.69) is 0 Å². The minimum atomic E-state index is -0.215. The van der Waals surface area contributed by atoms with Gasteiger partial charge < -0.3 is 8.83 Å². The topological polar surface area (TPSA) is 43.4 Å². The molecule has 0 amide bonds. The maximum Gasteiger partial charge on any atom is 0.263 e. The van der Waals surface area contributed by atoms with E-state index in [-0.39, 0.29) is 5.78 Å². The maximum atomic E-state index is 11.6. The summed E-state index contributed by atoms with van der Waals surface area (Å²) in [6.07, 6.45) is 2.96. The van der Waals surface area contributed by atoms with Gasteiger partial charge in [-0.05, 0) is 30.7 Å². The predicted octanol–water partition coefficient (Wildman–Crippen LogP) is 2.41. The molecule has 0 aliphatic carbocycles. The second-order valence-corrected chi connectivity index (χ2v) is 2.74. The molecule has 0 aliphatic rings. The molecule has 0 atom stereocenters. The molecule has 0 saturated heterocycles. The minimum Gasteiger partial charge on any atom is -0.461 e. The van der Waals surface area contributed by atoms with Crippen LogP contribution in [0.5, 0.6) is 0 Å². The first-order chi connectivity index (χ1) is 6.29. The minimum absolute atomic E-state index is 0.215. The zero-order chi connectivity index (χ0) is 9.26. The van der Waals surface area contributed by atoms with Crippen molar-refractivity contribution in [1.29, 1.82) is 0 Å². The summed E-state index contributed by atoms with van der Waals surface area (Å²) in [5, 5.41) is 0. The fourth-order valence-corrected chi connectivity index (χ4v) is 1.13. The summed E-state index contributed by atoms with van der Waals surface area (Å²) >= 11 is 0. The molecule has 66 valence electrons. The molecule has 3 heteroatoms. The third-order valence-electron chi connectivity index (χ3n) is 1.81. The van der Waals surface area contributed by atoms with Gasteiger partial charge in [-0.15, -0.1) is 0 Å². The summed E-state index contributed by atoms with van der Waals surface area (Å²) in [6, 6.07) is 5.03. The van der Waals surface area contributed by atoms with Crippen molar-refractivity contribution in [3.63, 3.8) is 0 Å². The van der Waals surface area contributed by atoms with Crippen molar-refractivity contribution in [2.24, 2.45) is 0 Å². The van der Waals surface area contributed by atoms with Crippen LogP contribution in [0.1, 0.15) is 21.9 Å². The normalized spacial score (nSPS) is 10.2. The van der Waals surface area contributed by atoms with Crippen LogP contribution >= 0.6 is 0 Å². The molecule has 0 unspecified atom stereocenters. The smallest absolute Gasteiger partial charge is 0.263 e. The Morgan fingerprint density at radius 2 is 2.08 bits per heavy atom. The lowest BCUT2D eigenvalue weighted by molar-refractivity contribution is 0.0982. The van der Waals surface area contributed by atoms with Gasteiger partial charge in [0.05, 0.1) is 12.5 Å². The third kappa shape index (κ3) is 1.28. The lowest BCUT2D eigenvalue weighted by Gasteiger charge is -1.92. The SMILES string of the molecule is Cc1ccoc1C(=O)c1ccco1. The summed E-state index contributed by atoms with van der Waals surface area (Å²) in [5.74, 6) is 0.431. The van der Waals surface area contributed by atoms with Crippen molar-refractivity contribution in [3.05, 3.63) is 47.8 Å². The quantitative estimate of drug-likeness (QED) is 0.660. The first-order valence-electron chi connectivity index (χ1n) is 3.91. The number of carbonyl (C=O) groups excluding carboxylic acids is 1. The zero-order valence-corrected chi connectivity index (χ0v) is 7.11. The van der Waals surface area contributed by atoms with Crippen LogP contribution in [0.25, 0.3) is 0 Å². The summed E-state index contributed by atoms with van der Waals surface area (Å²) in [6.45, 7) is 1.82. The highest BCUT2D eigenvalue weighted by Gasteiger charge is 2.16. The Kier molecular flexibility index (Phi) is 1.77. The van der Waals surface area contributed by atoms with Gasteiger partial charge in [0, 0.05) is 0 Å². The van der Waals surface area contributed by atoms with Crippen molar-refractivity contribution in [2.75, 3.05) is 0 Å². The molecule has 0 bridgehead atoms. The van der Waals surface area contributed by atoms with Gasteiger partial charge in [0.15, 0.2) is 11.5 Å². The first-order valence-corrected chi connectivity index (χ1v) is 3.91. The van der Waals surface area contributed by atoms with Crippen LogP contribution in [0.3, 0.4) is 0 Å². The molecule has 2 rings (SSSR count). The molecule has 3 nitrogen and oxygen atoms in total. The number of carbonyl (C=O) groups is 1. The summed E-state index contributed by atoms with van der Waals surface area (Å²) in [7, 11) is 0. The third-order valence-corrected chi connectivity index (χ3v) is 1.81. The number of furan rings is 2. The van der Waals surface area contributed by atoms with Gasteiger partial charge in [0.1, 0.15) is 0 Å². The Hall–Kier alpha value is -1.77. The van der Waals surface area contributed by atoms with Crippen LogP contribution in [-0.4, -0.2) is 5.78 Å². The van der Waals surface area contributed by atoms with Crippen LogP contribution in [0.15, 0.2) is 39.6 Å². The van der Waals surface area contributed by atoms with Crippen molar-refractivity contribution >= 4 is 5.78 Å². The van der Waals surface area contributed by atoms with E-state index in [9.17, 15) is 4.79 Å². The lowest BCUT2D eigenvalue weighted by atomic mass is 10.2. The molecular formula is C10H8O3. The van der Waals surface area contributed by atoms with Crippen LogP contribution in [0.4, 0.5) is 0 Å². The van der Waals surface area contributed by atoms with Gasteiger partial charge >= 0.3 is 0 Å². The fraction of sp³-hybridized carbons (Fsp3) is 0.100. The molecule has 0 N–H and O–H groups in total. The van der Waals surface area contributed by atoms with Crippen LogP contribution < -0.4 is 0 Å². The van der Waals surface area contributed by atoms with Crippen LogP contribution in [0.2, 0.25) is 0 Å². The maximum absolute atomic E-state index is 11.6. The van der Waals surface area contributed by atoms with Crippen LogP contribution in [0, 0.1) is 6.92 Å². The Balaban J connectivity index is 2.39. The molecule has 0 saturated carbocycles. The van der Waals surface area contributed by atoms with E-state index in [0.717, 1.165) is 5.56 Å². The molecule has 2 aromatic heterocycles. The number of hydrogen-bond acceptors (Lipinski definition) is 3. The Labute approximate surface area is 75.0 Å². The molecule has 0 fully saturated rings. The molecular weight excluding hydrogens is 168 g/mol. The summed E-state index contributed by atoms with van der Waals surface area (Å²) < 4.78 is 10.0. The van der Waals surface area contributed by atoms with Gasteiger partial charge in [0.2, 0.25) is 0 Å². The van der Waals surface area contributed by atoms with Gasteiger partial charge in [0.25, 0.3) is 5.78 Å². The average Bonchev–Trinajstić information content (AvgIpc) is 2.72. The number of aryl methyl sites for hydroxylation is 1. The van der Waals surface area contributed by atoms with E-state index >= 15 is 0 Å². The van der Waals surface area contributed by atoms with E-state index in [4.69, 9.17) is 8.83 Å². The first kappa shape index (κ1) is 7.86. The van der Waals surface area contributed by atoms with E-state index in [1.807, 2.05) is 6.92 Å². The molecule has 0 aromatic carbocycles. The highest BCUT2D eigenvalue weighted by atomic mass is 16.4. The van der Waals surface area contributed by atoms with Gasteiger partial charge in [-0.1, -0.05) is 0 Å². The summed E-state index contributed by atoms with van der Waals surface area (Å²) in [5.41, 5.74) is 0.821. The Morgan fingerprint density at radius 1 is 1.23 bits per heavy atom. The Bertz CT molecular complexity index is 409. The highest BCUT2D eigenvalue weighted by Crippen LogP contribution is 2.14. The lowest BCUT2D eigenvalue weighted by Crippen LogP contribution is -1.99. The van der Waals surface area contributed by atoms with E-state index in [0.29, 0.717) is 11.5 Å². The van der Waals surface area contributed by atoms with E-state index < -0.39 is 0 Å². The molecule has 2 aromatic rings. The predicted molar refractivity (Wildman–Crippen MR) is 45.6 cm³/mol. The molecule has 13 heavy (non-hydrogen) atoms. The second-order valence-electron chi connectivity index (χ2n) is 2.74. The van der Waals surface area contributed by atoms with Crippen molar-refractivity contribution in [2.45, 2.75) is 6.92 Å². The second kappa shape index (κ2) is 2.94. The number of ketones is 1. The molecule has 0 radical (unpaired) electrons. The van der Waals surface area contributed by atoms with E-state index in [1.54, 1.807) is 18.2 Å². The average molecular weight is 176 g/mol. The number of hydrogen-bond donors (Lipinski definition) is 0. The highest BCUT2D eigenvalue weighted by molar-refractivity contribution is 6.05. The van der Waals surface area contributed by atoms with Crippen molar-refractivity contribution < 1.29 is 13.6 Å². The fourth-order valence-electron chi connectivity index (χ4n) is 1.13. The van der Waals surface area contributed by atoms with Crippen LogP contribution in [-0.2, 0) is 0 Å². The van der Waals surface area contributed by atoms with Crippen molar-refractivity contribution in [3.8, 4) is 0 Å². The summed E-state index contributed by atoms with van der Waals surface area (Å²) in [4.78, 5) is 11.6. The van der Waals surface area contributed by atoms with E-state index in [1.165, 1.54) is 12.5 Å². The molecule has 2 heterocycles. The molecule has 0 spiro atoms. The van der Waals surface area contributed by atoms with Crippen molar-refractivity contribution in [1.82, 2.24) is 0 Å². The van der Waals surface area contributed by atoms with Gasteiger partial charge in [-0.25, -0.2) is 0 Å². The Morgan fingerprint density at radius 3 is 2.62 bits per heavy atom. The zero-order valence-electron chi connectivity index (χ0n) is 7.11. The monoisotopic (exact) mass is 176 g/mol. The largest absolute Gasteiger partial charge is 0.461 e. The molecule has 0 aliphatic heterocycles. The van der Waals surface area contributed by atoms with Gasteiger partial charge in [-0.2, -0.15) is 0 Å². The number of rotatable bonds is 2.